The van der Waals surface area contributed by atoms with Gasteiger partial charge in [0.1, 0.15) is 0 Å². The largest absolute Gasteiger partial charge is 0.349 e. The highest BCUT2D eigenvalue weighted by Gasteiger charge is 2.18. The molecule has 20 heavy (non-hydrogen) atoms. The van der Waals surface area contributed by atoms with Crippen LogP contribution in [0.5, 0.6) is 0 Å². The molecule has 112 valence electrons. The highest BCUT2D eigenvalue weighted by atomic mass is 35.7. The minimum Gasteiger partial charge on any atom is -0.349 e. The highest BCUT2D eigenvalue weighted by molar-refractivity contribution is 8.13. The van der Waals surface area contributed by atoms with Gasteiger partial charge in [-0.3, -0.25) is 4.79 Å². The SMILES string of the molecule is CCC(NC(=O)c1cc(C)cc(S(=O)(=O)Cl)c1)C(C)C. The molecular formula is C14H20ClNO3S. The molecule has 1 rings (SSSR count). The van der Waals surface area contributed by atoms with Crippen molar-refractivity contribution in [1.29, 1.82) is 0 Å². The van der Waals surface area contributed by atoms with Crippen molar-refractivity contribution in [3.05, 3.63) is 29.3 Å². The highest BCUT2D eigenvalue weighted by Crippen LogP contribution is 2.19. The van der Waals surface area contributed by atoms with Gasteiger partial charge in [0.15, 0.2) is 0 Å². The fourth-order valence-corrected chi connectivity index (χ4v) is 2.87. The van der Waals surface area contributed by atoms with Gasteiger partial charge < -0.3 is 5.32 Å². The van der Waals surface area contributed by atoms with Crippen LogP contribution in [0.25, 0.3) is 0 Å². The van der Waals surface area contributed by atoms with Crippen LogP contribution in [0.4, 0.5) is 0 Å². The van der Waals surface area contributed by atoms with Gasteiger partial charge in [-0.2, -0.15) is 0 Å². The van der Waals surface area contributed by atoms with Gasteiger partial charge in [-0.05, 0) is 43.0 Å². The van der Waals surface area contributed by atoms with E-state index in [0.29, 0.717) is 17.0 Å². The molecular weight excluding hydrogens is 298 g/mol. The van der Waals surface area contributed by atoms with E-state index in [1.807, 2.05) is 20.8 Å². The van der Waals surface area contributed by atoms with E-state index in [9.17, 15) is 13.2 Å². The molecule has 0 aliphatic rings. The number of nitrogens with one attached hydrogen (secondary N) is 1. The van der Waals surface area contributed by atoms with Crippen molar-refractivity contribution in [2.24, 2.45) is 5.92 Å². The quantitative estimate of drug-likeness (QED) is 0.849. The second kappa shape index (κ2) is 6.59. The maximum Gasteiger partial charge on any atom is 0.261 e. The Labute approximate surface area is 124 Å². The fourth-order valence-electron chi connectivity index (χ4n) is 2.01. The molecule has 1 amide bonds. The Kier molecular flexibility index (Phi) is 5.59. The average Bonchev–Trinajstić information content (AvgIpc) is 2.33. The van der Waals surface area contributed by atoms with Gasteiger partial charge in [-0.25, -0.2) is 8.42 Å². The molecule has 1 atom stereocenters. The summed E-state index contributed by atoms with van der Waals surface area (Å²) in [7, 11) is 1.49. The van der Waals surface area contributed by atoms with Crippen molar-refractivity contribution in [2.45, 2.75) is 45.1 Å². The van der Waals surface area contributed by atoms with Crippen LogP contribution in [0.15, 0.2) is 23.1 Å². The number of carbonyl (C=O) groups is 1. The van der Waals surface area contributed by atoms with E-state index in [2.05, 4.69) is 5.32 Å². The van der Waals surface area contributed by atoms with Gasteiger partial charge in [-0.1, -0.05) is 20.8 Å². The number of benzene rings is 1. The van der Waals surface area contributed by atoms with E-state index in [1.165, 1.54) is 12.1 Å². The second-order valence-corrected chi connectivity index (χ2v) is 7.77. The third-order valence-corrected chi connectivity index (χ3v) is 4.49. The van der Waals surface area contributed by atoms with Crippen molar-refractivity contribution in [1.82, 2.24) is 5.32 Å². The summed E-state index contributed by atoms with van der Waals surface area (Å²) < 4.78 is 22.8. The lowest BCUT2D eigenvalue weighted by atomic mass is 10.0. The number of hydrogen-bond donors (Lipinski definition) is 1. The first-order chi connectivity index (χ1) is 9.15. The Hall–Kier alpha value is -1.07. The number of aryl methyl sites for hydroxylation is 1. The molecule has 0 fully saturated rings. The predicted molar refractivity (Wildman–Crippen MR) is 80.6 cm³/mol. The van der Waals surface area contributed by atoms with Crippen molar-refractivity contribution in [2.75, 3.05) is 0 Å². The van der Waals surface area contributed by atoms with Gasteiger partial charge in [0.2, 0.25) is 0 Å². The molecule has 0 heterocycles. The molecule has 0 radical (unpaired) electrons. The van der Waals surface area contributed by atoms with Crippen LogP contribution in [0.3, 0.4) is 0 Å². The molecule has 6 heteroatoms. The Morgan fingerprint density at radius 2 is 1.90 bits per heavy atom. The van der Waals surface area contributed by atoms with Crippen molar-refractivity contribution in [3.8, 4) is 0 Å². The van der Waals surface area contributed by atoms with Crippen molar-refractivity contribution >= 4 is 25.6 Å². The van der Waals surface area contributed by atoms with E-state index in [-0.39, 0.29) is 16.8 Å². The molecule has 1 aromatic carbocycles. The number of hydrogen-bond acceptors (Lipinski definition) is 3. The topological polar surface area (TPSA) is 63.2 Å². The first-order valence-electron chi connectivity index (χ1n) is 6.52. The first kappa shape index (κ1) is 17.0. The summed E-state index contributed by atoms with van der Waals surface area (Å²) in [4.78, 5) is 12.1. The number of carbonyl (C=O) groups excluding carboxylic acids is 1. The summed E-state index contributed by atoms with van der Waals surface area (Å²) in [6.07, 6.45) is 0.815. The van der Waals surface area contributed by atoms with Crippen LogP contribution in [-0.2, 0) is 9.05 Å². The Balaban J connectivity index is 3.08. The van der Waals surface area contributed by atoms with Gasteiger partial charge in [0.25, 0.3) is 15.0 Å². The summed E-state index contributed by atoms with van der Waals surface area (Å²) in [5.41, 5.74) is 0.984. The smallest absolute Gasteiger partial charge is 0.261 e. The molecule has 1 unspecified atom stereocenters. The Morgan fingerprint density at radius 1 is 1.30 bits per heavy atom. The lowest BCUT2D eigenvalue weighted by Crippen LogP contribution is -2.38. The zero-order chi connectivity index (χ0) is 15.5. The number of amides is 1. The third kappa shape index (κ3) is 4.49. The number of rotatable bonds is 5. The van der Waals surface area contributed by atoms with E-state index < -0.39 is 9.05 Å². The monoisotopic (exact) mass is 317 g/mol. The van der Waals surface area contributed by atoms with Crippen LogP contribution in [0.1, 0.15) is 43.1 Å². The summed E-state index contributed by atoms with van der Waals surface area (Å²) >= 11 is 0. The van der Waals surface area contributed by atoms with Gasteiger partial charge in [0, 0.05) is 22.3 Å². The standard InChI is InChI=1S/C14H20ClNO3S/c1-5-13(9(2)3)16-14(17)11-6-10(4)7-12(8-11)20(15,18)19/h6-9,13H,5H2,1-4H3,(H,16,17). The summed E-state index contributed by atoms with van der Waals surface area (Å²) in [5.74, 6) is 0.0285. The summed E-state index contributed by atoms with van der Waals surface area (Å²) in [6, 6.07) is 4.45. The van der Waals surface area contributed by atoms with Crippen molar-refractivity contribution in [3.63, 3.8) is 0 Å². The zero-order valence-corrected chi connectivity index (χ0v) is 13.7. The molecule has 0 spiro atoms. The van der Waals surface area contributed by atoms with Crippen LogP contribution < -0.4 is 5.32 Å². The maximum atomic E-state index is 12.2. The average molecular weight is 318 g/mol. The van der Waals surface area contributed by atoms with Crippen LogP contribution >= 0.6 is 10.7 Å². The van der Waals surface area contributed by atoms with Gasteiger partial charge in [-0.15, -0.1) is 0 Å². The molecule has 0 saturated carbocycles. The maximum absolute atomic E-state index is 12.2. The fraction of sp³-hybridized carbons (Fsp3) is 0.500. The molecule has 0 aliphatic heterocycles. The Morgan fingerprint density at radius 3 is 2.35 bits per heavy atom. The molecule has 0 aromatic heterocycles. The molecule has 1 N–H and O–H groups in total. The normalized spacial score (nSPS) is 13.3. The minimum atomic E-state index is -3.84. The van der Waals surface area contributed by atoms with Crippen LogP contribution in [-0.4, -0.2) is 20.4 Å². The number of halogens is 1. The van der Waals surface area contributed by atoms with Crippen molar-refractivity contribution < 1.29 is 13.2 Å². The molecule has 1 aromatic rings. The molecule has 4 nitrogen and oxygen atoms in total. The minimum absolute atomic E-state index is 0.0538. The molecule has 0 saturated heterocycles. The summed E-state index contributed by atoms with van der Waals surface area (Å²) in [5, 5.41) is 2.91. The third-order valence-electron chi connectivity index (χ3n) is 3.16. The van der Waals surface area contributed by atoms with E-state index in [0.717, 1.165) is 6.42 Å². The van der Waals surface area contributed by atoms with Gasteiger partial charge >= 0.3 is 0 Å². The van der Waals surface area contributed by atoms with E-state index in [4.69, 9.17) is 10.7 Å². The summed E-state index contributed by atoms with van der Waals surface area (Å²) in [6.45, 7) is 7.77. The molecule has 0 bridgehead atoms. The predicted octanol–water partition coefficient (Wildman–Crippen LogP) is 3.09. The zero-order valence-electron chi connectivity index (χ0n) is 12.1. The van der Waals surface area contributed by atoms with Crippen LogP contribution in [0.2, 0.25) is 0 Å². The lowest BCUT2D eigenvalue weighted by Gasteiger charge is -2.21. The lowest BCUT2D eigenvalue weighted by molar-refractivity contribution is 0.0924. The Bertz CT molecular complexity index is 596. The van der Waals surface area contributed by atoms with E-state index >= 15 is 0 Å². The van der Waals surface area contributed by atoms with Gasteiger partial charge in [0.05, 0.1) is 4.90 Å². The first-order valence-corrected chi connectivity index (χ1v) is 8.83. The van der Waals surface area contributed by atoms with Crippen LogP contribution in [0, 0.1) is 12.8 Å². The second-order valence-electron chi connectivity index (χ2n) is 5.20. The van der Waals surface area contributed by atoms with E-state index in [1.54, 1.807) is 13.0 Å². The molecule has 0 aliphatic carbocycles.